The maximum absolute atomic E-state index is 11.6. The molecule has 2 fully saturated rings. The Kier molecular flexibility index (Phi) is 10.6. The van der Waals surface area contributed by atoms with E-state index in [2.05, 4.69) is 0 Å². The topological polar surface area (TPSA) is 94.5 Å². The quantitative estimate of drug-likeness (QED) is 0.245. The summed E-state index contributed by atoms with van der Waals surface area (Å²) in [6.07, 6.45) is 9.16. The highest BCUT2D eigenvalue weighted by atomic mass is 35.5. The van der Waals surface area contributed by atoms with Crippen molar-refractivity contribution in [1.82, 2.24) is 0 Å². The van der Waals surface area contributed by atoms with Crippen molar-refractivity contribution in [3.05, 3.63) is 53.6 Å². The van der Waals surface area contributed by atoms with Crippen LogP contribution in [0.25, 0.3) is 0 Å². The van der Waals surface area contributed by atoms with E-state index >= 15 is 0 Å². The third kappa shape index (κ3) is 8.62. The first-order valence-corrected chi connectivity index (χ1v) is 12.7. The predicted octanol–water partition coefficient (Wildman–Crippen LogP) is 4.44. The van der Waals surface area contributed by atoms with Gasteiger partial charge < -0.3 is 29.2 Å². The minimum Gasteiger partial charge on any atom is -0.488 e. The Balaban J connectivity index is 1.54. The molecule has 0 spiro atoms. The van der Waals surface area contributed by atoms with Crippen LogP contribution in [0.15, 0.2) is 48.6 Å². The maximum atomic E-state index is 11.6. The number of aliphatic hydroxyl groups is 2. The summed E-state index contributed by atoms with van der Waals surface area (Å²) in [6.45, 7) is 4.69. The second-order valence-electron chi connectivity index (χ2n) is 9.36. The Labute approximate surface area is 212 Å². The molecular formula is C27H37ClO7. The highest BCUT2D eigenvalue weighted by Gasteiger charge is 2.41. The first-order chi connectivity index (χ1) is 16.8. The number of unbranched alkanes of at least 4 members (excludes halogenated alkanes) is 1. The van der Waals surface area contributed by atoms with Crippen molar-refractivity contribution in [1.29, 1.82) is 0 Å². The molecule has 2 N–H and O–H groups in total. The monoisotopic (exact) mass is 508 g/mol. The first kappa shape index (κ1) is 27.7. The molecule has 3 rings (SSSR count). The summed E-state index contributed by atoms with van der Waals surface area (Å²) in [5.41, 5.74) is 0. The number of halogens is 1. The lowest BCUT2D eigenvalue weighted by atomic mass is 9.89. The molecule has 194 valence electrons. The predicted molar refractivity (Wildman–Crippen MR) is 133 cm³/mol. The smallest absolute Gasteiger partial charge is 0.306 e. The van der Waals surface area contributed by atoms with Crippen LogP contribution in [0.2, 0.25) is 5.02 Å². The van der Waals surface area contributed by atoms with Crippen molar-refractivity contribution < 1.29 is 34.0 Å². The third-order valence-electron chi connectivity index (χ3n) is 6.19. The van der Waals surface area contributed by atoms with Crippen LogP contribution in [0.3, 0.4) is 0 Å². The van der Waals surface area contributed by atoms with Gasteiger partial charge in [-0.05, 0) is 63.3 Å². The van der Waals surface area contributed by atoms with Crippen LogP contribution in [-0.2, 0) is 19.0 Å². The molecule has 1 saturated carbocycles. The Morgan fingerprint density at radius 3 is 2.71 bits per heavy atom. The molecule has 0 unspecified atom stereocenters. The molecule has 0 bridgehead atoms. The highest BCUT2D eigenvalue weighted by Crippen LogP contribution is 2.37. The second-order valence-corrected chi connectivity index (χ2v) is 9.80. The van der Waals surface area contributed by atoms with Crippen LogP contribution in [0.4, 0.5) is 0 Å². The number of carbonyl (C=O) groups is 1. The zero-order valence-electron chi connectivity index (χ0n) is 20.5. The van der Waals surface area contributed by atoms with E-state index in [0.717, 1.165) is 6.42 Å². The summed E-state index contributed by atoms with van der Waals surface area (Å²) in [5, 5.41) is 21.7. The van der Waals surface area contributed by atoms with E-state index < -0.39 is 18.0 Å². The van der Waals surface area contributed by atoms with Crippen molar-refractivity contribution in [2.75, 3.05) is 19.8 Å². The number of hydrogen-bond donors (Lipinski definition) is 2. The number of allylic oxidation sites excluding steroid dienone is 2. The number of rotatable bonds is 12. The van der Waals surface area contributed by atoms with Gasteiger partial charge >= 0.3 is 5.97 Å². The molecule has 1 aromatic rings. The van der Waals surface area contributed by atoms with Gasteiger partial charge in [0.15, 0.2) is 0 Å². The van der Waals surface area contributed by atoms with Gasteiger partial charge in [-0.2, -0.15) is 0 Å². The molecule has 7 nitrogen and oxygen atoms in total. The standard InChI is InChI=1S/C27H37ClO7/c1-19(2)35-26(31)11-6-4-3-5-10-22-23(25(30)17-24(22)29)12-13-27(33-14-15-34-27)18-32-21-9-7-8-20(28)16-21/h3,5,7-9,12-13,16,19,22-25,29-30H,4,6,10-11,14-15,17-18H2,1-2H3/b5-3-,13-12+/t22-,23-,24+,25-/m1/s1. The van der Waals surface area contributed by atoms with Gasteiger partial charge in [-0.15, -0.1) is 0 Å². The molecule has 0 aromatic heterocycles. The normalized spacial score (nSPS) is 26.2. The van der Waals surface area contributed by atoms with Gasteiger partial charge in [0, 0.05) is 23.8 Å². The van der Waals surface area contributed by atoms with E-state index in [9.17, 15) is 15.0 Å². The van der Waals surface area contributed by atoms with Crippen LogP contribution in [0.1, 0.15) is 46.0 Å². The molecule has 4 atom stereocenters. The third-order valence-corrected chi connectivity index (χ3v) is 6.43. The van der Waals surface area contributed by atoms with E-state index in [1.54, 1.807) is 18.2 Å². The summed E-state index contributed by atoms with van der Waals surface area (Å²) in [5.74, 6) is -0.999. The molecule has 1 aromatic carbocycles. The van der Waals surface area contributed by atoms with Gasteiger partial charge in [0.2, 0.25) is 5.79 Å². The molecule has 0 amide bonds. The van der Waals surface area contributed by atoms with E-state index in [1.807, 2.05) is 44.2 Å². The lowest BCUT2D eigenvalue weighted by Crippen LogP contribution is -2.35. The van der Waals surface area contributed by atoms with Crippen molar-refractivity contribution in [2.45, 2.75) is 70.1 Å². The molecule has 1 saturated heterocycles. The average molecular weight is 509 g/mol. The van der Waals surface area contributed by atoms with Gasteiger partial charge in [0.25, 0.3) is 0 Å². The fraction of sp³-hybridized carbons (Fsp3) is 0.593. The average Bonchev–Trinajstić information content (AvgIpc) is 3.37. The Morgan fingerprint density at radius 2 is 2.00 bits per heavy atom. The number of aliphatic hydroxyl groups excluding tert-OH is 2. The SMILES string of the molecule is CC(C)OC(=O)CCC/C=C\C[C@@H]1[C@@H](/C=C/C2(COc3cccc(Cl)c3)OCCO2)[C@H](O)C[C@@H]1O. The highest BCUT2D eigenvalue weighted by molar-refractivity contribution is 6.30. The Hall–Kier alpha value is -1.90. The van der Waals surface area contributed by atoms with E-state index in [4.69, 9.17) is 30.5 Å². The maximum Gasteiger partial charge on any atom is 0.306 e. The zero-order valence-corrected chi connectivity index (χ0v) is 21.2. The minimum atomic E-state index is -1.05. The van der Waals surface area contributed by atoms with Crippen molar-refractivity contribution >= 4 is 17.6 Å². The number of hydrogen-bond acceptors (Lipinski definition) is 7. The number of ether oxygens (including phenoxy) is 4. The fourth-order valence-electron chi connectivity index (χ4n) is 4.46. The van der Waals surface area contributed by atoms with Gasteiger partial charge in [0.1, 0.15) is 12.4 Å². The summed E-state index contributed by atoms with van der Waals surface area (Å²) >= 11 is 6.04. The Morgan fingerprint density at radius 1 is 1.23 bits per heavy atom. The second kappa shape index (κ2) is 13.4. The molecule has 0 radical (unpaired) electrons. The van der Waals surface area contributed by atoms with E-state index in [-0.39, 0.29) is 30.5 Å². The molecule has 1 heterocycles. The first-order valence-electron chi connectivity index (χ1n) is 12.3. The van der Waals surface area contributed by atoms with Crippen molar-refractivity contribution in [2.24, 2.45) is 11.8 Å². The van der Waals surface area contributed by atoms with Crippen molar-refractivity contribution in [3.8, 4) is 5.75 Å². The summed E-state index contributed by atoms with van der Waals surface area (Å²) in [7, 11) is 0. The van der Waals surface area contributed by atoms with Gasteiger partial charge in [0.05, 0.1) is 31.5 Å². The van der Waals surface area contributed by atoms with E-state index in [1.165, 1.54) is 0 Å². The fourth-order valence-corrected chi connectivity index (χ4v) is 4.64. The lowest BCUT2D eigenvalue weighted by molar-refractivity contribution is -0.147. The van der Waals surface area contributed by atoms with Gasteiger partial charge in [-0.3, -0.25) is 4.79 Å². The van der Waals surface area contributed by atoms with Crippen LogP contribution in [0, 0.1) is 11.8 Å². The van der Waals surface area contributed by atoms with E-state index in [0.29, 0.717) is 49.7 Å². The summed E-state index contributed by atoms with van der Waals surface area (Å²) < 4.78 is 22.7. The number of carbonyl (C=O) groups excluding carboxylic acids is 1. The Bertz CT molecular complexity index is 863. The molecule has 8 heteroatoms. The largest absolute Gasteiger partial charge is 0.488 e. The molecule has 2 aliphatic rings. The molecule has 1 aliphatic heterocycles. The summed E-state index contributed by atoms with van der Waals surface area (Å²) in [6, 6.07) is 7.11. The van der Waals surface area contributed by atoms with Gasteiger partial charge in [-0.25, -0.2) is 0 Å². The molecule has 35 heavy (non-hydrogen) atoms. The van der Waals surface area contributed by atoms with Crippen LogP contribution < -0.4 is 4.74 Å². The van der Waals surface area contributed by atoms with Crippen molar-refractivity contribution in [3.63, 3.8) is 0 Å². The van der Waals surface area contributed by atoms with Gasteiger partial charge in [-0.1, -0.05) is 35.9 Å². The minimum absolute atomic E-state index is 0.0964. The molecular weight excluding hydrogens is 472 g/mol. The van der Waals surface area contributed by atoms with Crippen LogP contribution in [-0.4, -0.2) is 60.1 Å². The summed E-state index contributed by atoms with van der Waals surface area (Å²) in [4.78, 5) is 11.6. The van der Waals surface area contributed by atoms with Crippen LogP contribution >= 0.6 is 11.6 Å². The number of esters is 1. The van der Waals surface area contributed by atoms with Crippen LogP contribution in [0.5, 0.6) is 5.75 Å². The number of benzene rings is 1. The zero-order chi connectivity index (χ0) is 25.3. The lowest BCUT2D eigenvalue weighted by Gasteiger charge is -2.26. The molecule has 1 aliphatic carbocycles.